The van der Waals surface area contributed by atoms with E-state index in [0.717, 1.165) is 11.0 Å². The van der Waals surface area contributed by atoms with Crippen molar-refractivity contribution in [2.45, 2.75) is 33.2 Å². The highest BCUT2D eigenvalue weighted by atomic mass is 79.9. The third-order valence-electron chi connectivity index (χ3n) is 3.74. The summed E-state index contributed by atoms with van der Waals surface area (Å²) in [5, 5.41) is 0. The van der Waals surface area contributed by atoms with E-state index in [0.29, 0.717) is 23.6 Å². The lowest BCUT2D eigenvalue weighted by atomic mass is 9.86. The number of carbonyl (C=O) groups excluding carboxylic acids is 1. The highest BCUT2D eigenvalue weighted by Crippen LogP contribution is 2.28. The molecule has 1 aromatic rings. The van der Waals surface area contributed by atoms with Crippen molar-refractivity contribution in [1.29, 1.82) is 0 Å². The second kappa shape index (κ2) is 4.84. The van der Waals surface area contributed by atoms with Crippen LogP contribution in [-0.4, -0.2) is 28.4 Å². The largest absolute Gasteiger partial charge is 0.356 e. The number of likely N-dealkylation sites (tertiary alicyclic amines) is 1. The summed E-state index contributed by atoms with van der Waals surface area (Å²) in [5.74, 6) is 1.27. The Hall–Kier alpha value is -0.770. The number of hydrogen-bond acceptors (Lipinski definition) is 1. The van der Waals surface area contributed by atoms with Gasteiger partial charge in [0.15, 0.2) is 0 Å². The van der Waals surface area contributed by atoms with Crippen LogP contribution in [0.1, 0.15) is 37.7 Å². The molecule has 1 saturated heterocycles. The molecule has 1 fully saturated rings. The van der Waals surface area contributed by atoms with E-state index >= 15 is 0 Å². The van der Waals surface area contributed by atoms with Gasteiger partial charge < -0.3 is 9.88 Å². The number of piperidine rings is 1. The van der Waals surface area contributed by atoms with Crippen molar-refractivity contribution in [3.05, 3.63) is 22.4 Å². The van der Waals surface area contributed by atoms with Gasteiger partial charge in [-0.3, -0.25) is 4.79 Å². The lowest BCUT2D eigenvalue weighted by Gasteiger charge is -2.40. The number of rotatable bonds is 1. The fourth-order valence-corrected chi connectivity index (χ4v) is 2.97. The number of hydrogen-bond donors (Lipinski definition) is 1. The average molecular weight is 299 g/mol. The molecule has 1 aromatic heterocycles. The van der Waals surface area contributed by atoms with Gasteiger partial charge >= 0.3 is 0 Å². The summed E-state index contributed by atoms with van der Waals surface area (Å²) < 4.78 is 0.923. The summed E-state index contributed by atoms with van der Waals surface area (Å²) in [6.45, 7) is 7.45. The lowest BCUT2D eigenvalue weighted by Crippen LogP contribution is -2.48. The van der Waals surface area contributed by atoms with Crippen molar-refractivity contribution in [1.82, 2.24) is 9.88 Å². The van der Waals surface area contributed by atoms with Gasteiger partial charge in [-0.25, -0.2) is 0 Å². The van der Waals surface area contributed by atoms with Gasteiger partial charge in [0.1, 0.15) is 5.69 Å². The van der Waals surface area contributed by atoms with E-state index in [1.807, 2.05) is 11.0 Å². The molecule has 2 heterocycles. The maximum atomic E-state index is 12.4. The third-order valence-corrected chi connectivity index (χ3v) is 4.19. The minimum atomic E-state index is 0.113. The molecule has 1 amide bonds. The number of amides is 1. The Labute approximate surface area is 111 Å². The normalized spacial score (nSPS) is 29.4. The molecule has 1 aliphatic rings. The quantitative estimate of drug-likeness (QED) is 0.848. The molecule has 2 rings (SSSR count). The van der Waals surface area contributed by atoms with Crippen molar-refractivity contribution in [3.63, 3.8) is 0 Å². The molecule has 0 radical (unpaired) electrons. The first-order chi connectivity index (χ1) is 7.99. The van der Waals surface area contributed by atoms with Crippen molar-refractivity contribution in [2.75, 3.05) is 6.54 Å². The van der Waals surface area contributed by atoms with Gasteiger partial charge in [0, 0.05) is 23.3 Å². The predicted molar refractivity (Wildman–Crippen MR) is 71.9 cm³/mol. The molecule has 4 heteroatoms. The first-order valence-corrected chi connectivity index (χ1v) is 6.93. The number of carbonyl (C=O) groups is 1. The van der Waals surface area contributed by atoms with Crippen molar-refractivity contribution >= 4 is 21.8 Å². The highest BCUT2D eigenvalue weighted by Gasteiger charge is 2.32. The molecular formula is C13H19BrN2O. The summed E-state index contributed by atoms with van der Waals surface area (Å²) in [6.07, 6.45) is 3.01. The molecule has 0 aromatic carbocycles. The first kappa shape index (κ1) is 12.7. The Bertz CT molecular complexity index is 415. The van der Waals surface area contributed by atoms with E-state index in [4.69, 9.17) is 0 Å². The summed E-state index contributed by atoms with van der Waals surface area (Å²) in [7, 11) is 0. The molecule has 3 atom stereocenters. The van der Waals surface area contributed by atoms with Crippen LogP contribution in [-0.2, 0) is 0 Å². The van der Waals surface area contributed by atoms with E-state index in [9.17, 15) is 4.79 Å². The number of H-pyrrole nitrogens is 1. The monoisotopic (exact) mass is 298 g/mol. The Morgan fingerprint density at radius 2 is 2.18 bits per heavy atom. The van der Waals surface area contributed by atoms with Crippen LogP contribution in [0.5, 0.6) is 0 Å². The second-order valence-corrected chi connectivity index (χ2v) is 6.16. The molecule has 0 saturated carbocycles. The maximum Gasteiger partial charge on any atom is 0.270 e. The Morgan fingerprint density at radius 3 is 2.76 bits per heavy atom. The van der Waals surface area contributed by atoms with E-state index in [-0.39, 0.29) is 5.91 Å². The van der Waals surface area contributed by atoms with Crippen LogP contribution in [0.2, 0.25) is 0 Å². The molecule has 0 aliphatic carbocycles. The van der Waals surface area contributed by atoms with Crippen LogP contribution >= 0.6 is 15.9 Å². The van der Waals surface area contributed by atoms with Gasteiger partial charge in [0.2, 0.25) is 0 Å². The molecule has 1 aliphatic heterocycles. The fraction of sp³-hybridized carbons (Fsp3) is 0.615. The number of nitrogens with zero attached hydrogens (tertiary/aromatic N) is 1. The van der Waals surface area contributed by atoms with E-state index in [2.05, 4.69) is 41.7 Å². The SMILES string of the molecule is CC1CC(C)C(C)N(C(=O)c2cc(Br)c[nH]2)C1. The summed E-state index contributed by atoms with van der Waals surface area (Å²) in [6, 6.07) is 2.17. The van der Waals surface area contributed by atoms with Gasteiger partial charge in [-0.2, -0.15) is 0 Å². The zero-order valence-corrected chi connectivity index (χ0v) is 12.1. The number of halogens is 1. The van der Waals surface area contributed by atoms with Crippen LogP contribution < -0.4 is 0 Å². The molecule has 0 spiro atoms. The minimum absolute atomic E-state index is 0.113. The lowest BCUT2D eigenvalue weighted by molar-refractivity contribution is 0.0450. The summed E-state index contributed by atoms with van der Waals surface area (Å²) in [4.78, 5) is 17.4. The maximum absolute atomic E-state index is 12.4. The van der Waals surface area contributed by atoms with Crippen LogP contribution in [0.25, 0.3) is 0 Å². The van der Waals surface area contributed by atoms with Crippen LogP contribution in [0.4, 0.5) is 0 Å². The average Bonchev–Trinajstić information content (AvgIpc) is 2.69. The zero-order chi connectivity index (χ0) is 12.6. The molecular weight excluding hydrogens is 280 g/mol. The minimum Gasteiger partial charge on any atom is -0.356 e. The Morgan fingerprint density at radius 1 is 1.47 bits per heavy atom. The van der Waals surface area contributed by atoms with E-state index in [1.54, 1.807) is 6.20 Å². The smallest absolute Gasteiger partial charge is 0.270 e. The van der Waals surface area contributed by atoms with Gasteiger partial charge in [-0.05, 0) is 47.2 Å². The van der Waals surface area contributed by atoms with Crippen LogP contribution in [0.15, 0.2) is 16.7 Å². The Kier molecular flexibility index (Phi) is 3.61. The number of nitrogens with one attached hydrogen (secondary N) is 1. The third kappa shape index (κ3) is 2.57. The number of aromatic nitrogens is 1. The van der Waals surface area contributed by atoms with Gasteiger partial charge in [-0.15, -0.1) is 0 Å². The van der Waals surface area contributed by atoms with Crippen molar-refractivity contribution in [3.8, 4) is 0 Å². The predicted octanol–water partition coefficient (Wildman–Crippen LogP) is 3.28. The zero-order valence-electron chi connectivity index (χ0n) is 10.5. The molecule has 3 unspecified atom stereocenters. The van der Waals surface area contributed by atoms with Crippen LogP contribution in [0.3, 0.4) is 0 Å². The number of aromatic amines is 1. The second-order valence-electron chi connectivity index (χ2n) is 5.25. The molecule has 1 N–H and O–H groups in total. The molecule has 0 bridgehead atoms. The fourth-order valence-electron chi connectivity index (χ4n) is 2.63. The summed E-state index contributed by atoms with van der Waals surface area (Å²) >= 11 is 3.36. The summed E-state index contributed by atoms with van der Waals surface area (Å²) in [5.41, 5.74) is 0.671. The first-order valence-electron chi connectivity index (χ1n) is 6.14. The van der Waals surface area contributed by atoms with Gasteiger partial charge in [0.25, 0.3) is 5.91 Å². The highest BCUT2D eigenvalue weighted by molar-refractivity contribution is 9.10. The Balaban J connectivity index is 2.18. The molecule has 94 valence electrons. The standard InChI is InChI=1S/C13H19BrN2O/c1-8-4-9(2)10(3)16(7-8)13(17)12-5-11(14)6-15-12/h5-6,8-10,15H,4,7H2,1-3H3. The molecule has 17 heavy (non-hydrogen) atoms. The van der Waals surface area contributed by atoms with Gasteiger partial charge in [-0.1, -0.05) is 13.8 Å². The van der Waals surface area contributed by atoms with E-state index < -0.39 is 0 Å². The van der Waals surface area contributed by atoms with Crippen molar-refractivity contribution < 1.29 is 4.79 Å². The molecule has 3 nitrogen and oxygen atoms in total. The van der Waals surface area contributed by atoms with Gasteiger partial charge in [0.05, 0.1) is 0 Å². The topological polar surface area (TPSA) is 36.1 Å². The van der Waals surface area contributed by atoms with E-state index in [1.165, 1.54) is 6.42 Å². The van der Waals surface area contributed by atoms with Crippen molar-refractivity contribution in [2.24, 2.45) is 11.8 Å². The van der Waals surface area contributed by atoms with Crippen LogP contribution in [0, 0.1) is 11.8 Å².